The number of carboxylic acids is 1. The predicted molar refractivity (Wildman–Crippen MR) is 81.9 cm³/mol. The van der Waals surface area contributed by atoms with Crippen LogP contribution in [0.5, 0.6) is 0 Å². The van der Waals surface area contributed by atoms with Gasteiger partial charge >= 0.3 is 5.97 Å². The molecule has 0 spiro atoms. The minimum absolute atomic E-state index is 0.0888. The number of aromatic amines is 1. The van der Waals surface area contributed by atoms with Crippen molar-refractivity contribution in [1.29, 1.82) is 0 Å². The Morgan fingerprint density at radius 3 is 2.65 bits per heavy atom. The Morgan fingerprint density at radius 1 is 1.30 bits per heavy atom. The van der Waals surface area contributed by atoms with Crippen molar-refractivity contribution in [2.24, 2.45) is 0 Å². The van der Waals surface area contributed by atoms with Crippen LogP contribution in [-0.4, -0.2) is 21.0 Å². The number of aliphatic carboxylic acids is 1. The standard InChI is InChI=1S/C15H17BrN2O2/c1-8-4-5-11(10(3)9(8)2)14-12(6-7-13(19)20)17-15(16)18-14/h4-5H,6-7H2,1-3H3,(H,17,18)(H,19,20). The summed E-state index contributed by atoms with van der Waals surface area (Å²) in [5.74, 6) is -0.807. The lowest BCUT2D eigenvalue weighted by atomic mass is 9.95. The summed E-state index contributed by atoms with van der Waals surface area (Å²) in [6.45, 7) is 6.24. The quantitative estimate of drug-likeness (QED) is 0.892. The Hall–Kier alpha value is -1.62. The third kappa shape index (κ3) is 2.93. The Balaban J connectivity index is 2.47. The molecule has 5 heteroatoms. The van der Waals surface area contributed by atoms with Gasteiger partial charge in [-0.1, -0.05) is 12.1 Å². The van der Waals surface area contributed by atoms with Crippen LogP contribution in [-0.2, 0) is 11.2 Å². The van der Waals surface area contributed by atoms with Gasteiger partial charge in [0, 0.05) is 17.7 Å². The highest BCUT2D eigenvalue weighted by Gasteiger charge is 2.15. The number of hydrogen-bond donors (Lipinski definition) is 2. The summed E-state index contributed by atoms with van der Waals surface area (Å²) in [6.07, 6.45) is 0.529. The van der Waals surface area contributed by atoms with Gasteiger partial charge in [0.1, 0.15) is 0 Å². The molecule has 0 saturated heterocycles. The van der Waals surface area contributed by atoms with Gasteiger partial charge in [-0.25, -0.2) is 4.98 Å². The molecular formula is C15H17BrN2O2. The fourth-order valence-electron chi connectivity index (χ4n) is 2.23. The van der Waals surface area contributed by atoms with E-state index in [0.717, 1.165) is 17.0 Å². The summed E-state index contributed by atoms with van der Waals surface area (Å²) in [5, 5.41) is 8.83. The van der Waals surface area contributed by atoms with Crippen LogP contribution in [0.1, 0.15) is 28.8 Å². The van der Waals surface area contributed by atoms with Gasteiger partial charge in [0.15, 0.2) is 4.73 Å². The van der Waals surface area contributed by atoms with E-state index in [1.165, 1.54) is 16.7 Å². The number of carboxylic acid groups (broad SMARTS) is 1. The number of benzene rings is 1. The first-order chi connectivity index (χ1) is 9.40. The maximum absolute atomic E-state index is 10.7. The van der Waals surface area contributed by atoms with Gasteiger partial charge in [-0.3, -0.25) is 4.79 Å². The van der Waals surface area contributed by atoms with Gasteiger partial charge < -0.3 is 10.1 Å². The summed E-state index contributed by atoms with van der Waals surface area (Å²) < 4.78 is 0.630. The summed E-state index contributed by atoms with van der Waals surface area (Å²) in [5.41, 5.74) is 6.40. The molecule has 0 amide bonds. The molecule has 20 heavy (non-hydrogen) atoms. The topological polar surface area (TPSA) is 66.0 Å². The summed E-state index contributed by atoms with van der Waals surface area (Å²) >= 11 is 3.33. The van der Waals surface area contributed by atoms with Crippen molar-refractivity contribution in [3.63, 3.8) is 0 Å². The minimum Gasteiger partial charge on any atom is -0.481 e. The summed E-state index contributed by atoms with van der Waals surface area (Å²) in [4.78, 5) is 18.3. The van der Waals surface area contributed by atoms with Crippen LogP contribution in [0, 0.1) is 20.8 Å². The number of imidazole rings is 1. The molecule has 0 radical (unpaired) electrons. The third-order valence-corrected chi connectivity index (χ3v) is 4.03. The van der Waals surface area contributed by atoms with E-state index in [-0.39, 0.29) is 6.42 Å². The highest BCUT2D eigenvalue weighted by Crippen LogP contribution is 2.30. The highest BCUT2D eigenvalue weighted by molar-refractivity contribution is 9.10. The minimum atomic E-state index is -0.807. The molecule has 0 aliphatic carbocycles. The molecule has 0 fully saturated rings. The Bertz CT molecular complexity index is 662. The van der Waals surface area contributed by atoms with E-state index in [1.54, 1.807) is 0 Å². The maximum atomic E-state index is 10.7. The molecule has 0 bridgehead atoms. The Morgan fingerprint density at radius 2 is 2.00 bits per heavy atom. The van der Waals surface area contributed by atoms with E-state index < -0.39 is 5.97 Å². The second-order valence-electron chi connectivity index (χ2n) is 4.93. The number of carbonyl (C=O) groups is 1. The average Bonchev–Trinajstić information content (AvgIpc) is 2.75. The van der Waals surface area contributed by atoms with E-state index in [0.29, 0.717) is 11.2 Å². The maximum Gasteiger partial charge on any atom is 0.303 e. The largest absolute Gasteiger partial charge is 0.481 e. The van der Waals surface area contributed by atoms with Crippen LogP contribution < -0.4 is 0 Å². The molecule has 1 aromatic heterocycles. The van der Waals surface area contributed by atoms with Crippen molar-refractivity contribution in [3.05, 3.63) is 39.3 Å². The van der Waals surface area contributed by atoms with Crippen LogP contribution >= 0.6 is 15.9 Å². The van der Waals surface area contributed by atoms with Gasteiger partial charge in [0.25, 0.3) is 0 Å². The monoisotopic (exact) mass is 336 g/mol. The van der Waals surface area contributed by atoms with E-state index >= 15 is 0 Å². The number of aromatic nitrogens is 2. The second kappa shape index (κ2) is 5.79. The molecule has 0 saturated carbocycles. The molecule has 1 heterocycles. The van der Waals surface area contributed by atoms with Crippen LogP contribution in [0.15, 0.2) is 16.9 Å². The van der Waals surface area contributed by atoms with Crippen LogP contribution in [0.25, 0.3) is 11.3 Å². The Kier molecular flexibility index (Phi) is 4.28. The SMILES string of the molecule is Cc1ccc(-c2nc(Br)[nH]c2CCC(=O)O)c(C)c1C. The van der Waals surface area contributed by atoms with E-state index in [9.17, 15) is 4.79 Å². The first kappa shape index (κ1) is 14.8. The molecule has 2 rings (SSSR count). The van der Waals surface area contributed by atoms with Crippen molar-refractivity contribution in [1.82, 2.24) is 9.97 Å². The molecule has 0 aliphatic rings. The number of nitrogens with zero attached hydrogens (tertiary/aromatic N) is 1. The lowest BCUT2D eigenvalue weighted by Gasteiger charge is -2.10. The molecule has 0 aliphatic heterocycles. The first-order valence-corrected chi connectivity index (χ1v) is 7.22. The van der Waals surface area contributed by atoms with Crippen LogP contribution in [0.3, 0.4) is 0 Å². The van der Waals surface area contributed by atoms with E-state index in [4.69, 9.17) is 5.11 Å². The van der Waals surface area contributed by atoms with Gasteiger partial charge in [-0.05, 0) is 53.4 Å². The normalized spacial score (nSPS) is 10.8. The Labute approximate surface area is 126 Å². The molecule has 2 aromatic rings. The van der Waals surface area contributed by atoms with Gasteiger partial charge in [-0.15, -0.1) is 0 Å². The summed E-state index contributed by atoms with van der Waals surface area (Å²) in [6, 6.07) is 4.12. The number of hydrogen-bond acceptors (Lipinski definition) is 2. The fraction of sp³-hybridized carbons (Fsp3) is 0.333. The average molecular weight is 337 g/mol. The van der Waals surface area contributed by atoms with Crippen molar-refractivity contribution >= 4 is 21.9 Å². The molecule has 4 nitrogen and oxygen atoms in total. The molecule has 0 unspecified atom stereocenters. The second-order valence-corrected chi connectivity index (χ2v) is 5.68. The van der Waals surface area contributed by atoms with Crippen LogP contribution in [0.2, 0.25) is 0 Å². The number of rotatable bonds is 4. The van der Waals surface area contributed by atoms with Gasteiger partial charge in [-0.2, -0.15) is 0 Å². The zero-order valence-corrected chi connectivity index (χ0v) is 13.3. The zero-order chi connectivity index (χ0) is 14.9. The number of aryl methyl sites for hydroxylation is 2. The third-order valence-electron chi connectivity index (χ3n) is 3.65. The molecule has 2 N–H and O–H groups in total. The highest BCUT2D eigenvalue weighted by atomic mass is 79.9. The van der Waals surface area contributed by atoms with E-state index in [2.05, 4.69) is 52.7 Å². The lowest BCUT2D eigenvalue weighted by molar-refractivity contribution is -0.136. The fourth-order valence-corrected chi connectivity index (χ4v) is 2.64. The van der Waals surface area contributed by atoms with Crippen molar-refractivity contribution < 1.29 is 9.90 Å². The summed E-state index contributed by atoms with van der Waals surface area (Å²) in [7, 11) is 0. The molecule has 1 aromatic carbocycles. The number of nitrogens with one attached hydrogen (secondary N) is 1. The van der Waals surface area contributed by atoms with Crippen molar-refractivity contribution in [2.75, 3.05) is 0 Å². The van der Waals surface area contributed by atoms with Crippen molar-refractivity contribution in [3.8, 4) is 11.3 Å². The zero-order valence-electron chi connectivity index (χ0n) is 11.7. The first-order valence-electron chi connectivity index (χ1n) is 6.43. The molecule has 106 valence electrons. The smallest absolute Gasteiger partial charge is 0.303 e. The predicted octanol–water partition coefficient (Wildman–Crippen LogP) is 3.78. The van der Waals surface area contributed by atoms with E-state index in [1.807, 2.05) is 6.07 Å². The number of halogens is 1. The van der Waals surface area contributed by atoms with Crippen LogP contribution in [0.4, 0.5) is 0 Å². The van der Waals surface area contributed by atoms with Crippen molar-refractivity contribution in [2.45, 2.75) is 33.6 Å². The number of H-pyrrole nitrogens is 1. The van der Waals surface area contributed by atoms with Gasteiger partial charge in [0.2, 0.25) is 0 Å². The molecule has 0 atom stereocenters. The van der Waals surface area contributed by atoms with Gasteiger partial charge in [0.05, 0.1) is 12.1 Å². The lowest BCUT2D eigenvalue weighted by Crippen LogP contribution is -2.00. The molecular weight excluding hydrogens is 320 g/mol.